The number of nitrogens with zero attached hydrogens (tertiary/aromatic N) is 3. The quantitative estimate of drug-likeness (QED) is 0.356. The molecule has 4 atom stereocenters. The average Bonchev–Trinajstić information content (AvgIpc) is 3.18. The van der Waals surface area contributed by atoms with Crippen LogP contribution in [0.1, 0.15) is 11.8 Å². The number of thioether (sulfide) groups is 1. The fourth-order valence-corrected chi connectivity index (χ4v) is 4.10. The maximum Gasteiger partial charge on any atom is 0.280 e. The molecule has 28 heavy (non-hydrogen) atoms. The number of H-pyrrole nitrogens is 1. The van der Waals surface area contributed by atoms with Crippen LogP contribution in [0, 0.1) is 0 Å². The SMILES string of the molecule is Nc1nc2c(nc(SCc3ccccc3)n2[C@@H]2O[C@H](CO)[C@H](O)[C@@H]2O)c(=O)[nH]1. The molecule has 10 nitrogen and oxygen atoms in total. The molecule has 0 spiro atoms. The number of hydrogen-bond donors (Lipinski definition) is 5. The number of nitrogens with one attached hydrogen (secondary N) is 1. The zero-order valence-electron chi connectivity index (χ0n) is 14.6. The number of aromatic nitrogens is 4. The lowest BCUT2D eigenvalue weighted by molar-refractivity contribution is -0.0548. The molecule has 0 amide bonds. The molecule has 11 heteroatoms. The third-order valence-electron chi connectivity index (χ3n) is 4.52. The molecule has 4 rings (SSSR count). The number of imidazole rings is 1. The van der Waals surface area contributed by atoms with Gasteiger partial charge in [-0.05, 0) is 5.56 Å². The summed E-state index contributed by atoms with van der Waals surface area (Å²) in [4.78, 5) is 23.2. The molecule has 3 heterocycles. The lowest BCUT2D eigenvalue weighted by Crippen LogP contribution is -2.33. The van der Waals surface area contributed by atoms with Crippen LogP contribution >= 0.6 is 11.8 Å². The molecule has 0 unspecified atom stereocenters. The molecular weight excluding hydrogens is 386 g/mol. The van der Waals surface area contributed by atoms with Crippen molar-refractivity contribution in [2.75, 3.05) is 12.3 Å². The van der Waals surface area contributed by atoms with Crippen molar-refractivity contribution in [3.8, 4) is 0 Å². The molecule has 148 valence electrons. The molecule has 1 aliphatic rings. The van der Waals surface area contributed by atoms with E-state index in [1.54, 1.807) is 0 Å². The Bertz CT molecular complexity index is 1040. The lowest BCUT2D eigenvalue weighted by atomic mass is 10.1. The maximum absolute atomic E-state index is 12.3. The van der Waals surface area contributed by atoms with Gasteiger partial charge in [0.2, 0.25) is 5.95 Å². The van der Waals surface area contributed by atoms with Crippen LogP contribution in [0.5, 0.6) is 0 Å². The molecule has 3 aromatic rings. The Hall–Kier alpha value is -2.44. The minimum absolute atomic E-state index is 0.0440. The molecule has 6 N–H and O–H groups in total. The van der Waals surface area contributed by atoms with Crippen molar-refractivity contribution in [1.82, 2.24) is 19.5 Å². The summed E-state index contributed by atoms with van der Waals surface area (Å²) >= 11 is 1.32. The van der Waals surface area contributed by atoms with Crippen LogP contribution in [-0.2, 0) is 10.5 Å². The van der Waals surface area contributed by atoms with E-state index in [9.17, 15) is 20.1 Å². The molecule has 0 saturated carbocycles. The van der Waals surface area contributed by atoms with E-state index >= 15 is 0 Å². The second-order valence-electron chi connectivity index (χ2n) is 6.39. The summed E-state index contributed by atoms with van der Waals surface area (Å²) in [5.74, 6) is 0.441. The van der Waals surface area contributed by atoms with E-state index in [1.807, 2.05) is 30.3 Å². The largest absolute Gasteiger partial charge is 0.394 e. The van der Waals surface area contributed by atoms with E-state index < -0.39 is 36.7 Å². The van der Waals surface area contributed by atoms with Gasteiger partial charge in [0.1, 0.15) is 18.3 Å². The van der Waals surface area contributed by atoms with E-state index in [0.717, 1.165) is 5.56 Å². The van der Waals surface area contributed by atoms with Crippen LogP contribution in [0.15, 0.2) is 40.3 Å². The minimum atomic E-state index is -1.34. The van der Waals surface area contributed by atoms with Crippen molar-refractivity contribution >= 4 is 28.9 Å². The number of nitrogen functional groups attached to an aromatic ring is 1. The van der Waals surface area contributed by atoms with E-state index in [4.69, 9.17) is 10.5 Å². The van der Waals surface area contributed by atoms with Crippen molar-refractivity contribution < 1.29 is 20.1 Å². The number of anilines is 1. The standard InChI is InChI=1S/C17H19N5O5S/c18-16-20-13-10(14(26)21-16)19-17(28-7-8-4-2-1-3-5-8)22(13)15-12(25)11(24)9(6-23)27-15/h1-5,9,11-12,15,23-25H,6-7H2,(H3,18,20,21,26)/t9-,11+,12+,15-/m1/s1. The fourth-order valence-electron chi connectivity index (χ4n) is 3.13. The van der Waals surface area contributed by atoms with Crippen molar-refractivity contribution in [1.29, 1.82) is 0 Å². The Labute approximate surface area is 163 Å². The first-order valence-corrected chi connectivity index (χ1v) is 9.55. The summed E-state index contributed by atoms with van der Waals surface area (Å²) in [6.07, 6.45) is -4.68. The summed E-state index contributed by atoms with van der Waals surface area (Å²) in [5, 5.41) is 30.3. The van der Waals surface area contributed by atoms with Gasteiger partial charge in [-0.25, -0.2) is 4.98 Å². The number of fused-ring (bicyclic) bond motifs is 1. The predicted octanol–water partition coefficient (Wildman–Crippen LogP) is -0.394. The molecule has 1 fully saturated rings. The predicted molar refractivity (Wildman–Crippen MR) is 102 cm³/mol. The smallest absolute Gasteiger partial charge is 0.280 e. The summed E-state index contributed by atoms with van der Waals surface area (Å²) in [5.41, 5.74) is 6.37. The monoisotopic (exact) mass is 405 g/mol. The summed E-state index contributed by atoms with van der Waals surface area (Å²) < 4.78 is 7.07. The molecule has 2 aromatic heterocycles. The molecule has 1 saturated heterocycles. The highest BCUT2D eigenvalue weighted by Crippen LogP contribution is 2.35. The number of benzene rings is 1. The first-order chi connectivity index (χ1) is 13.5. The number of aliphatic hydroxyl groups excluding tert-OH is 3. The van der Waals surface area contributed by atoms with Gasteiger partial charge in [-0.1, -0.05) is 42.1 Å². The Kier molecular flexibility index (Phi) is 5.08. The van der Waals surface area contributed by atoms with Crippen LogP contribution in [0.3, 0.4) is 0 Å². The van der Waals surface area contributed by atoms with Crippen LogP contribution in [0.2, 0.25) is 0 Å². The summed E-state index contributed by atoms with van der Waals surface area (Å²) in [6, 6.07) is 9.65. The molecular formula is C17H19N5O5S. The van der Waals surface area contributed by atoms with Crippen molar-refractivity contribution in [3.05, 3.63) is 46.2 Å². The fraction of sp³-hybridized carbons (Fsp3) is 0.353. The molecule has 0 aliphatic carbocycles. The normalized spacial score (nSPS) is 24.8. The molecule has 1 aromatic carbocycles. The van der Waals surface area contributed by atoms with Crippen LogP contribution in [0.25, 0.3) is 11.2 Å². The van der Waals surface area contributed by atoms with Gasteiger partial charge in [0, 0.05) is 5.75 Å². The number of rotatable bonds is 5. The number of aliphatic hydroxyl groups is 3. The van der Waals surface area contributed by atoms with Crippen LogP contribution in [-0.4, -0.2) is 59.8 Å². The van der Waals surface area contributed by atoms with Crippen molar-refractivity contribution in [3.63, 3.8) is 0 Å². The van der Waals surface area contributed by atoms with Gasteiger partial charge in [0.25, 0.3) is 5.56 Å². The second-order valence-corrected chi connectivity index (χ2v) is 7.33. The first kappa shape index (κ1) is 18.9. The van der Waals surface area contributed by atoms with Gasteiger partial charge in [0.05, 0.1) is 6.61 Å². The summed E-state index contributed by atoms with van der Waals surface area (Å²) in [7, 11) is 0. The van der Waals surface area contributed by atoms with Crippen LogP contribution < -0.4 is 11.3 Å². The Morgan fingerprint density at radius 2 is 1.96 bits per heavy atom. The topological polar surface area (TPSA) is 160 Å². The Balaban J connectivity index is 1.79. The second kappa shape index (κ2) is 7.53. The van der Waals surface area contributed by atoms with Gasteiger partial charge in [-0.2, -0.15) is 4.98 Å². The van der Waals surface area contributed by atoms with Gasteiger partial charge < -0.3 is 25.8 Å². The van der Waals surface area contributed by atoms with Crippen molar-refractivity contribution in [2.24, 2.45) is 0 Å². The maximum atomic E-state index is 12.3. The zero-order valence-corrected chi connectivity index (χ0v) is 15.4. The number of hydrogen-bond acceptors (Lipinski definition) is 9. The van der Waals surface area contributed by atoms with Gasteiger partial charge in [0.15, 0.2) is 22.5 Å². The van der Waals surface area contributed by atoms with E-state index in [0.29, 0.717) is 10.9 Å². The number of ether oxygens (including phenoxy) is 1. The minimum Gasteiger partial charge on any atom is -0.394 e. The third kappa shape index (κ3) is 3.27. The number of nitrogens with two attached hydrogens (primary N) is 1. The average molecular weight is 405 g/mol. The van der Waals surface area contributed by atoms with Gasteiger partial charge in [-0.15, -0.1) is 0 Å². The highest BCUT2D eigenvalue weighted by Gasteiger charge is 2.45. The Morgan fingerprint density at radius 3 is 2.64 bits per heavy atom. The van der Waals surface area contributed by atoms with Gasteiger partial charge >= 0.3 is 0 Å². The molecule has 0 bridgehead atoms. The van der Waals surface area contributed by atoms with Gasteiger partial charge in [-0.3, -0.25) is 14.3 Å². The van der Waals surface area contributed by atoms with Crippen LogP contribution in [0.4, 0.5) is 5.95 Å². The third-order valence-corrected chi connectivity index (χ3v) is 5.54. The van der Waals surface area contributed by atoms with E-state index in [-0.39, 0.29) is 17.1 Å². The highest BCUT2D eigenvalue weighted by atomic mass is 32.2. The molecule has 1 aliphatic heterocycles. The number of aromatic amines is 1. The lowest BCUT2D eigenvalue weighted by Gasteiger charge is -2.19. The van der Waals surface area contributed by atoms with E-state index in [1.165, 1.54) is 16.3 Å². The van der Waals surface area contributed by atoms with E-state index in [2.05, 4.69) is 15.0 Å². The highest BCUT2D eigenvalue weighted by molar-refractivity contribution is 7.98. The first-order valence-electron chi connectivity index (χ1n) is 8.56. The summed E-state index contributed by atoms with van der Waals surface area (Å²) in [6.45, 7) is -0.468. The molecule has 0 radical (unpaired) electrons. The zero-order chi connectivity index (χ0) is 19.8. The van der Waals surface area contributed by atoms with Crippen molar-refractivity contribution in [2.45, 2.75) is 35.4 Å². The Morgan fingerprint density at radius 1 is 1.21 bits per heavy atom.